The van der Waals surface area contributed by atoms with Crippen molar-refractivity contribution in [1.29, 1.82) is 0 Å². The van der Waals surface area contributed by atoms with Crippen LogP contribution in [0.15, 0.2) is 58.5 Å². The van der Waals surface area contributed by atoms with E-state index in [1.165, 1.54) is 22.0 Å². The fraction of sp³-hybridized carbons (Fsp3) is 0.391. The zero-order chi connectivity index (χ0) is 22.6. The van der Waals surface area contributed by atoms with Crippen molar-refractivity contribution in [2.24, 2.45) is 5.10 Å². The molecule has 166 valence electrons. The van der Waals surface area contributed by atoms with Crippen LogP contribution in [0.4, 0.5) is 0 Å². The summed E-state index contributed by atoms with van der Waals surface area (Å²) in [6.07, 6.45) is 0. The maximum Gasteiger partial charge on any atom is 0.271 e. The summed E-state index contributed by atoms with van der Waals surface area (Å²) in [6.45, 7) is 9.59. The van der Waals surface area contributed by atoms with Crippen molar-refractivity contribution >= 4 is 21.6 Å². The molecule has 3 rings (SSSR count). The summed E-state index contributed by atoms with van der Waals surface area (Å²) in [5.41, 5.74) is 5.58. The molecule has 31 heavy (non-hydrogen) atoms. The summed E-state index contributed by atoms with van der Waals surface area (Å²) in [6, 6.07) is 14.0. The number of carbonyl (C=O) groups excluding carboxylic acids is 1. The molecule has 0 aliphatic carbocycles. The fourth-order valence-electron chi connectivity index (χ4n) is 3.21. The summed E-state index contributed by atoms with van der Waals surface area (Å²) in [7, 11) is -3.67. The van der Waals surface area contributed by atoms with E-state index in [0.29, 0.717) is 32.0 Å². The van der Waals surface area contributed by atoms with Crippen LogP contribution in [0.5, 0.6) is 0 Å². The summed E-state index contributed by atoms with van der Waals surface area (Å²) in [5.74, 6) is -0.468. The Morgan fingerprint density at radius 2 is 1.68 bits per heavy atom. The smallest absolute Gasteiger partial charge is 0.271 e. The van der Waals surface area contributed by atoms with Crippen molar-refractivity contribution in [3.63, 3.8) is 0 Å². The van der Waals surface area contributed by atoms with Crippen LogP contribution in [0, 0.1) is 0 Å². The third-order valence-electron chi connectivity index (χ3n) is 5.20. The first-order valence-corrected chi connectivity index (χ1v) is 11.7. The van der Waals surface area contributed by atoms with E-state index in [-0.39, 0.29) is 15.9 Å². The van der Waals surface area contributed by atoms with E-state index in [1.807, 2.05) is 19.1 Å². The molecule has 1 saturated heterocycles. The molecular weight excluding hydrogens is 414 g/mol. The van der Waals surface area contributed by atoms with Crippen molar-refractivity contribution in [3.8, 4) is 0 Å². The lowest BCUT2D eigenvalue weighted by atomic mass is 9.86. The van der Waals surface area contributed by atoms with E-state index < -0.39 is 15.9 Å². The van der Waals surface area contributed by atoms with Gasteiger partial charge in [-0.25, -0.2) is 13.8 Å². The Morgan fingerprint density at radius 3 is 2.29 bits per heavy atom. The van der Waals surface area contributed by atoms with Crippen LogP contribution >= 0.6 is 0 Å². The minimum absolute atomic E-state index is 0.0599. The number of hydrogen-bond donors (Lipinski definition) is 1. The molecule has 2 aromatic carbocycles. The van der Waals surface area contributed by atoms with Gasteiger partial charge in [0.1, 0.15) is 0 Å². The van der Waals surface area contributed by atoms with Gasteiger partial charge in [0.25, 0.3) is 5.91 Å². The second kappa shape index (κ2) is 9.30. The number of benzene rings is 2. The summed E-state index contributed by atoms with van der Waals surface area (Å²) in [5, 5.41) is 4.18. The maximum absolute atomic E-state index is 12.8. The number of ether oxygens (including phenoxy) is 1. The zero-order valence-corrected chi connectivity index (χ0v) is 19.2. The Morgan fingerprint density at radius 1 is 1.03 bits per heavy atom. The van der Waals surface area contributed by atoms with E-state index in [9.17, 15) is 13.2 Å². The Balaban J connectivity index is 1.72. The zero-order valence-electron chi connectivity index (χ0n) is 18.4. The van der Waals surface area contributed by atoms with E-state index in [4.69, 9.17) is 4.74 Å². The molecule has 1 aliphatic heterocycles. The van der Waals surface area contributed by atoms with Gasteiger partial charge in [0, 0.05) is 18.7 Å². The molecule has 0 atom stereocenters. The maximum atomic E-state index is 12.8. The lowest BCUT2D eigenvalue weighted by Crippen LogP contribution is -2.40. The van der Waals surface area contributed by atoms with Gasteiger partial charge in [-0.15, -0.1) is 0 Å². The van der Waals surface area contributed by atoms with E-state index >= 15 is 0 Å². The van der Waals surface area contributed by atoms with Gasteiger partial charge in [-0.2, -0.15) is 9.41 Å². The van der Waals surface area contributed by atoms with Gasteiger partial charge >= 0.3 is 0 Å². The molecule has 1 amide bonds. The predicted molar refractivity (Wildman–Crippen MR) is 121 cm³/mol. The van der Waals surface area contributed by atoms with Gasteiger partial charge in [0.15, 0.2) is 0 Å². The summed E-state index contributed by atoms with van der Waals surface area (Å²) < 4.78 is 32.2. The molecule has 1 fully saturated rings. The molecule has 1 heterocycles. The van der Waals surface area contributed by atoms with Crippen molar-refractivity contribution in [3.05, 3.63) is 65.2 Å². The number of carbonyl (C=O) groups is 1. The number of amides is 1. The van der Waals surface area contributed by atoms with Crippen molar-refractivity contribution in [2.75, 3.05) is 26.3 Å². The molecule has 0 saturated carbocycles. The lowest BCUT2D eigenvalue weighted by Gasteiger charge is -2.26. The number of nitrogens with one attached hydrogen (secondary N) is 1. The summed E-state index contributed by atoms with van der Waals surface area (Å²) in [4.78, 5) is 12.7. The molecule has 0 bridgehead atoms. The third-order valence-corrected chi connectivity index (χ3v) is 7.09. The first-order chi connectivity index (χ1) is 14.6. The minimum atomic E-state index is -3.67. The standard InChI is InChI=1S/C23H29N3O4S/c1-17(18-8-10-20(11-9-18)23(2,3)4)24-25-22(27)19-6-5-7-21(16-19)31(28,29)26-12-14-30-15-13-26/h5-11,16H,12-15H2,1-4H3,(H,25,27)/b24-17+. The third kappa shape index (κ3) is 5.58. The van der Waals surface area contributed by atoms with Crippen LogP contribution in [0.3, 0.4) is 0 Å². The van der Waals surface area contributed by atoms with E-state index in [0.717, 1.165) is 5.56 Å². The molecule has 0 unspecified atom stereocenters. The molecule has 7 nitrogen and oxygen atoms in total. The fourth-order valence-corrected chi connectivity index (χ4v) is 4.66. The van der Waals surface area contributed by atoms with Gasteiger partial charge in [0.05, 0.1) is 23.8 Å². The lowest BCUT2D eigenvalue weighted by molar-refractivity contribution is 0.0730. The Kier molecular flexibility index (Phi) is 6.93. The second-order valence-electron chi connectivity index (χ2n) is 8.51. The average Bonchev–Trinajstić information content (AvgIpc) is 2.77. The normalized spacial score (nSPS) is 16.2. The van der Waals surface area contributed by atoms with Gasteiger partial charge in [-0.1, -0.05) is 51.1 Å². The molecule has 0 radical (unpaired) electrons. The SMILES string of the molecule is C/C(=N\NC(=O)c1cccc(S(=O)(=O)N2CCOCC2)c1)c1ccc(C(C)(C)C)cc1. The first-order valence-electron chi connectivity index (χ1n) is 10.2. The number of morpholine rings is 1. The highest BCUT2D eigenvalue weighted by Gasteiger charge is 2.26. The number of nitrogens with zero attached hydrogens (tertiary/aromatic N) is 2. The number of hydrogen-bond acceptors (Lipinski definition) is 5. The van der Waals surface area contributed by atoms with Crippen molar-refractivity contribution < 1.29 is 17.9 Å². The van der Waals surface area contributed by atoms with Crippen LogP contribution in [-0.2, 0) is 20.2 Å². The van der Waals surface area contributed by atoms with Gasteiger partial charge in [-0.3, -0.25) is 4.79 Å². The number of hydrazone groups is 1. The topological polar surface area (TPSA) is 88.1 Å². The van der Waals surface area contributed by atoms with Crippen molar-refractivity contribution in [1.82, 2.24) is 9.73 Å². The van der Waals surface area contributed by atoms with E-state index in [2.05, 4.69) is 43.4 Å². The van der Waals surface area contributed by atoms with Crippen LogP contribution in [-0.4, -0.2) is 50.6 Å². The monoisotopic (exact) mass is 443 g/mol. The minimum Gasteiger partial charge on any atom is -0.379 e. The Bertz CT molecular complexity index is 1060. The molecule has 1 N–H and O–H groups in total. The molecule has 8 heteroatoms. The number of rotatable bonds is 5. The van der Waals surface area contributed by atoms with Gasteiger partial charge in [0.2, 0.25) is 10.0 Å². The van der Waals surface area contributed by atoms with E-state index in [1.54, 1.807) is 12.1 Å². The van der Waals surface area contributed by atoms with Crippen LogP contribution in [0.25, 0.3) is 0 Å². The predicted octanol–water partition coefficient (Wildman–Crippen LogP) is 3.16. The Labute approximate surface area is 184 Å². The quantitative estimate of drug-likeness (QED) is 0.568. The molecule has 2 aromatic rings. The highest BCUT2D eigenvalue weighted by molar-refractivity contribution is 7.89. The Hall–Kier alpha value is -2.55. The van der Waals surface area contributed by atoms with Crippen LogP contribution in [0.1, 0.15) is 49.2 Å². The highest BCUT2D eigenvalue weighted by atomic mass is 32.2. The molecule has 1 aliphatic rings. The highest BCUT2D eigenvalue weighted by Crippen LogP contribution is 2.22. The second-order valence-corrected chi connectivity index (χ2v) is 10.4. The van der Waals surface area contributed by atoms with Gasteiger partial charge in [-0.05, 0) is 41.7 Å². The van der Waals surface area contributed by atoms with Crippen LogP contribution in [0.2, 0.25) is 0 Å². The first kappa shape index (κ1) is 23.1. The van der Waals surface area contributed by atoms with Crippen LogP contribution < -0.4 is 5.43 Å². The molecular formula is C23H29N3O4S. The summed E-state index contributed by atoms with van der Waals surface area (Å²) >= 11 is 0. The van der Waals surface area contributed by atoms with Crippen molar-refractivity contribution in [2.45, 2.75) is 38.0 Å². The largest absolute Gasteiger partial charge is 0.379 e. The molecule has 0 spiro atoms. The average molecular weight is 444 g/mol. The number of sulfonamides is 1. The van der Waals surface area contributed by atoms with Gasteiger partial charge < -0.3 is 4.74 Å². The molecule has 0 aromatic heterocycles.